The SMILES string of the molecule is O=C(O)c1cc(S(=O)(=O)NCc2csc(-c3ccccc3)n2)c(Cl)cc1Cl. The molecule has 0 amide bonds. The van der Waals surface area contributed by atoms with Crippen LogP contribution in [0.5, 0.6) is 0 Å². The standard InChI is InChI=1S/C17H12Cl2N2O4S2/c18-13-7-14(19)15(6-12(13)17(22)23)27(24,25)20-8-11-9-26-16(21-11)10-4-2-1-3-5-10/h1-7,9,20H,8H2,(H,22,23). The Bertz CT molecular complexity index is 1100. The molecular formula is C17H12Cl2N2O4S2. The van der Waals surface area contributed by atoms with Crippen LogP contribution in [0.3, 0.4) is 0 Å². The van der Waals surface area contributed by atoms with E-state index in [0.717, 1.165) is 22.7 Å². The third-order valence-electron chi connectivity index (χ3n) is 3.56. The van der Waals surface area contributed by atoms with Crippen LogP contribution in [-0.2, 0) is 16.6 Å². The number of carboxylic acids is 1. The number of hydrogen-bond acceptors (Lipinski definition) is 5. The van der Waals surface area contributed by atoms with Crippen LogP contribution in [-0.4, -0.2) is 24.5 Å². The lowest BCUT2D eigenvalue weighted by atomic mass is 10.2. The average molecular weight is 443 g/mol. The molecule has 0 aliphatic carbocycles. The number of aromatic carboxylic acids is 1. The highest BCUT2D eigenvalue weighted by atomic mass is 35.5. The van der Waals surface area contributed by atoms with Crippen molar-refractivity contribution in [2.24, 2.45) is 0 Å². The minimum absolute atomic E-state index is 0.0625. The van der Waals surface area contributed by atoms with E-state index in [0.29, 0.717) is 5.69 Å². The van der Waals surface area contributed by atoms with Crippen molar-refractivity contribution < 1.29 is 18.3 Å². The summed E-state index contributed by atoms with van der Waals surface area (Å²) in [6.07, 6.45) is 0. The molecule has 2 aromatic carbocycles. The number of nitrogens with one attached hydrogen (secondary N) is 1. The highest BCUT2D eigenvalue weighted by molar-refractivity contribution is 7.89. The summed E-state index contributed by atoms with van der Waals surface area (Å²) in [6, 6.07) is 11.5. The normalized spacial score (nSPS) is 11.5. The molecule has 0 atom stereocenters. The van der Waals surface area contributed by atoms with Gasteiger partial charge in [0, 0.05) is 10.9 Å². The zero-order valence-electron chi connectivity index (χ0n) is 13.5. The lowest BCUT2D eigenvalue weighted by Crippen LogP contribution is -2.24. The van der Waals surface area contributed by atoms with Crippen molar-refractivity contribution in [1.29, 1.82) is 0 Å². The smallest absolute Gasteiger partial charge is 0.337 e. The van der Waals surface area contributed by atoms with Crippen molar-refractivity contribution in [3.8, 4) is 10.6 Å². The first-order valence-corrected chi connectivity index (χ1v) is 10.6. The molecule has 3 aromatic rings. The fraction of sp³-hybridized carbons (Fsp3) is 0.0588. The Balaban J connectivity index is 1.81. The molecule has 10 heteroatoms. The largest absolute Gasteiger partial charge is 0.478 e. The number of aromatic nitrogens is 1. The summed E-state index contributed by atoms with van der Waals surface area (Å²) in [5.41, 5.74) is 1.12. The van der Waals surface area contributed by atoms with Gasteiger partial charge in [-0.25, -0.2) is 22.9 Å². The molecule has 0 saturated heterocycles. The van der Waals surface area contributed by atoms with Crippen molar-refractivity contribution in [2.45, 2.75) is 11.4 Å². The molecule has 27 heavy (non-hydrogen) atoms. The van der Waals surface area contributed by atoms with E-state index in [1.54, 1.807) is 5.38 Å². The van der Waals surface area contributed by atoms with E-state index in [9.17, 15) is 13.2 Å². The second kappa shape index (κ2) is 7.95. The molecule has 0 saturated carbocycles. The zero-order chi connectivity index (χ0) is 19.6. The van der Waals surface area contributed by atoms with Gasteiger partial charge in [-0.15, -0.1) is 11.3 Å². The molecule has 6 nitrogen and oxygen atoms in total. The predicted molar refractivity (Wildman–Crippen MR) is 105 cm³/mol. The van der Waals surface area contributed by atoms with Crippen molar-refractivity contribution in [2.75, 3.05) is 0 Å². The topological polar surface area (TPSA) is 96.4 Å². The summed E-state index contributed by atoms with van der Waals surface area (Å²) in [6.45, 7) is -0.0625. The van der Waals surface area contributed by atoms with Gasteiger partial charge in [-0.3, -0.25) is 0 Å². The van der Waals surface area contributed by atoms with E-state index in [2.05, 4.69) is 9.71 Å². The van der Waals surface area contributed by atoms with Crippen LogP contribution in [0.15, 0.2) is 52.7 Å². The summed E-state index contributed by atoms with van der Waals surface area (Å²) in [5.74, 6) is -1.35. The predicted octanol–water partition coefficient (Wildman–Crippen LogP) is 4.29. The maximum atomic E-state index is 12.5. The Morgan fingerprint density at radius 1 is 1.15 bits per heavy atom. The third-order valence-corrected chi connectivity index (χ3v) is 6.68. The van der Waals surface area contributed by atoms with Crippen LogP contribution in [0, 0.1) is 0 Å². The molecule has 0 fully saturated rings. The molecule has 0 unspecified atom stereocenters. The van der Waals surface area contributed by atoms with E-state index in [4.69, 9.17) is 28.3 Å². The monoisotopic (exact) mass is 442 g/mol. The maximum absolute atomic E-state index is 12.5. The van der Waals surface area contributed by atoms with Crippen molar-refractivity contribution in [3.05, 3.63) is 69.1 Å². The van der Waals surface area contributed by atoms with Crippen molar-refractivity contribution in [1.82, 2.24) is 9.71 Å². The van der Waals surface area contributed by atoms with E-state index < -0.39 is 16.0 Å². The van der Waals surface area contributed by atoms with Crippen LogP contribution >= 0.6 is 34.5 Å². The quantitative estimate of drug-likeness (QED) is 0.593. The van der Waals surface area contributed by atoms with Gasteiger partial charge in [0.25, 0.3) is 0 Å². The first-order chi connectivity index (χ1) is 12.8. The number of rotatable bonds is 6. The number of carboxylic acid groups (broad SMARTS) is 1. The highest BCUT2D eigenvalue weighted by Gasteiger charge is 2.22. The molecular weight excluding hydrogens is 431 g/mol. The van der Waals surface area contributed by atoms with Gasteiger partial charge in [-0.05, 0) is 12.1 Å². The summed E-state index contributed by atoms with van der Waals surface area (Å²) in [7, 11) is -4.06. The molecule has 0 spiro atoms. The van der Waals surface area contributed by atoms with Crippen molar-refractivity contribution >= 4 is 50.5 Å². The van der Waals surface area contributed by atoms with Gasteiger partial charge < -0.3 is 5.11 Å². The number of nitrogens with zero attached hydrogens (tertiary/aromatic N) is 1. The lowest BCUT2D eigenvalue weighted by molar-refractivity contribution is 0.0697. The van der Waals surface area contributed by atoms with Gasteiger partial charge in [-0.2, -0.15) is 0 Å². The Morgan fingerprint density at radius 3 is 2.52 bits per heavy atom. The van der Waals surface area contributed by atoms with Gasteiger partial charge in [0.2, 0.25) is 10.0 Å². The molecule has 0 aliphatic rings. The molecule has 140 valence electrons. The molecule has 2 N–H and O–H groups in total. The van der Waals surface area contributed by atoms with Gasteiger partial charge in [0.15, 0.2) is 0 Å². The Morgan fingerprint density at radius 2 is 1.85 bits per heavy atom. The zero-order valence-corrected chi connectivity index (χ0v) is 16.7. The molecule has 3 rings (SSSR count). The number of thiazole rings is 1. The van der Waals surface area contributed by atoms with Crippen LogP contribution in [0.25, 0.3) is 10.6 Å². The fourth-order valence-corrected chi connectivity index (χ4v) is 4.92. The maximum Gasteiger partial charge on any atom is 0.337 e. The number of carbonyl (C=O) groups is 1. The average Bonchev–Trinajstić information content (AvgIpc) is 3.09. The second-order valence-electron chi connectivity index (χ2n) is 5.40. The Labute approximate surface area is 169 Å². The first-order valence-electron chi connectivity index (χ1n) is 7.50. The van der Waals surface area contributed by atoms with Gasteiger partial charge >= 0.3 is 5.97 Å². The molecule has 1 heterocycles. The molecule has 0 aliphatic heterocycles. The summed E-state index contributed by atoms with van der Waals surface area (Å²) in [4.78, 5) is 15.2. The van der Waals surface area contributed by atoms with E-state index in [-0.39, 0.29) is 27.0 Å². The minimum atomic E-state index is -4.06. The Hall–Kier alpha value is -1.97. The van der Waals surface area contributed by atoms with Crippen LogP contribution in [0.4, 0.5) is 0 Å². The summed E-state index contributed by atoms with van der Waals surface area (Å²) in [5, 5.41) is 11.3. The van der Waals surface area contributed by atoms with Crippen molar-refractivity contribution in [3.63, 3.8) is 0 Å². The van der Waals surface area contributed by atoms with Crippen LogP contribution < -0.4 is 4.72 Å². The summed E-state index contributed by atoms with van der Waals surface area (Å²) < 4.78 is 27.4. The number of halogens is 2. The molecule has 1 aromatic heterocycles. The fourth-order valence-electron chi connectivity index (χ4n) is 2.25. The number of hydrogen-bond donors (Lipinski definition) is 2. The van der Waals surface area contributed by atoms with Gasteiger partial charge in [0.1, 0.15) is 9.90 Å². The number of sulfonamides is 1. The van der Waals surface area contributed by atoms with E-state index >= 15 is 0 Å². The number of benzene rings is 2. The first kappa shape index (κ1) is 19.8. The van der Waals surface area contributed by atoms with E-state index in [1.807, 2.05) is 30.3 Å². The minimum Gasteiger partial charge on any atom is -0.478 e. The molecule has 0 bridgehead atoms. The second-order valence-corrected chi connectivity index (χ2v) is 8.81. The van der Waals surface area contributed by atoms with Crippen LogP contribution in [0.1, 0.15) is 16.1 Å². The van der Waals surface area contributed by atoms with Crippen LogP contribution in [0.2, 0.25) is 10.0 Å². The van der Waals surface area contributed by atoms with Gasteiger partial charge in [-0.1, -0.05) is 53.5 Å². The Kier molecular flexibility index (Phi) is 5.83. The van der Waals surface area contributed by atoms with E-state index in [1.165, 1.54) is 11.3 Å². The molecule has 0 radical (unpaired) electrons. The lowest BCUT2D eigenvalue weighted by Gasteiger charge is -2.09. The van der Waals surface area contributed by atoms with Gasteiger partial charge in [0.05, 0.1) is 27.8 Å². The highest BCUT2D eigenvalue weighted by Crippen LogP contribution is 2.29. The summed E-state index contributed by atoms with van der Waals surface area (Å²) >= 11 is 13.1. The third kappa shape index (κ3) is 4.48.